The maximum absolute atomic E-state index is 12.5. The average molecular weight is 414 g/mol. The Kier molecular flexibility index (Phi) is 6.28. The number of nitrogens with one attached hydrogen (secondary N) is 2. The van der Waals surface area contributed by atoms with Crippen molar-refractivity contribution in [3.63, 3.8) is 0 Å². The van der Waals surface area contributed by atoms with E-state index < -0.39 is 11.8 Å². The summed E-state index contributed by atoms with van der Waals surface area (Å²) in [6, 6.07) is 8.42. The lowest BCUT2D eigenvalue weighted by molar-refractivity contribution is -0.116. The predicted octanol–water partition coefficient (Wildman–Crippen LogP) is 2.31. The molecule has 0 unspecified atom stereocenters. The molecular weight excluding hydrogens is 392 g/mol. The summed E-state index contributed by atoms with van der Waals surface area (Å²) in [7, 11) is 0. The fourth-order valence-electron chi connectivity index (χ4n) is 2.62. The van der Waals surface area contributed by atoms with Crippen LogP contribution in [0.15, 0.2) is 41.5 Å². The second-order valence-corrected chi connectivity index (χ2v) is 7.73. The number of rotatable bonds is 7. The number of carbonyl (C=O) groups excluding carboxylic acids is 2. The van der Waals surface area contributed by atoms with Crippen molar-refractivity contribution in [2.75, 3.05) is 12.0 Å². The van der Waals surface area contributed by atoms with Crippen molar-refractivity contribution in [3.8, 4) is 5.75 Å². The van der Waals surface area contributed by atoms with E-state index in [4.69, 9.17) is 4.74 Å². The molecule has 1 aromatic carbocycles. The number of hydrogen-bond donors (Lipinski definition) is 2. The Balaban J connectivity index is 1.59. The Morgan fingerprint density at radius 3 is 2.62 bits per heavy atom. The molecule has 0 aliphatic carbocycles. The summed E-state index contributed by atoms with van der Waals surface area (Å²) in [5.74, 6) is -0.272. The molecule has 0 bridgehead atoms. The number of benzene rings is 1. The molecule has 3 aromatic rings. The number of carbonyl (C=O) groups is 2. The second-order valence-electron chi connectivity index (χ2n) is 6.61. The summed E-state index contributed by atoms with van der Waals surface area (Å²) < 4.78 is 6.56. The van der Waals surface area contributed by atoms with Gasteiger partial charge in [0.25, 0.3) is 17.4 Å². The monoisotopic (exact) mass is 414 g/mol. The quantitative estimate of drug-likeness (QED) is 0.618. The lowest BCUT2D eigenvalue weighted by Gasteiger charge is -2.11. The summed E-state index contributed by atoms with van der Waals surface area (Å²) in [6.07, 6.45) is 2.12. The smallest absolute Gasteiger partial charge is 0.280 e. The van der Waals surface area contributed by atoms with Crippen molar-refractivity contribution in [1.29, 1.82) is 0 Å². The molecule has 0 aliphatic rings. The first-order valence-electron chi connectivity index (χ1n) is 9.22. The van der Waals surface area contributed by atoms with Crippen molar-refractivity contribution >= 4 is 33.4 Å². The van der Waals surface area contributed by atoms with Crippen molar-refractivity contribution in [2.24, 2.45) is 0 Å². The van der Waals surface area contributed by atoms with Crippen molar-refractivity contribution < 1.29 is 14.3 Å². The fourth-order valence-corrected chi connectivity index (χ4v) is 3.55. The van der Waals surface area contributed by atoms with Crippen LogP contribution < -0.4 is 21.0 Å². The van der Waals surface area contributed by atoms with Gasteiger partial charge in [0.1, 0.15) is 16.9 Å². The molecule has 2 heterocycles. The van der Waals surface area contributed by atoms with Gasteiger partial charge in [-0.25, -0.2) is 9.66 Å². The highest BCUT2D eigenvalue weighted by atomic mass is 32.1. The molecule has 8 nitrogen and oxygen atoms in total. The summed E-state index contributed by atoms with van der Waals surface area (Å²) in [5, 5.41) is 2.98. The van der Waals surface area contributed by atoms with Gasteiger partial charge in [0, 0.05) is 10.4 Å². The van der Waals surface area contributed by atoms with Crippen molar-refractivity contribution in [1.82, 2.24) is 15.0 Å². The molecular formula is C20H22N4O4S. The summed E-state index contributed by atoms with van der Waals surface area (Å²) in [6.45, 7) is 5.55. The molecule has 0 fully saturated rings. The SMILES string of the molecule is CCc1cc2c(=O)n(NC(=O)CNC(=O)c3ccc(OC(C)C)cc3)cnc2s1. The number of fused-ring (bicyclic) bond motifs is 1. The maximum Gasteiger partial charge on any atom is 0.280 e. The first-order valence-corrected chi connectivity index (χ1v) is 10.0. The van der Waals surface area contributed by atoms with Gasteiger partial charge in [-0.3, -0.25) is 19.8 Å². The van der Waals surface area contributed by atoms with Crippen molar-refractivity contribution in [2.45, 2.75) is 33.3 Å². The van der Waals surface area contributed by atoms with E-state index in [0.717, 1.165) is 16.0 Å². The zero-order valence-corrected chi connectivity index (χ0v) is 17.2. The number of amides is 2. The molecule has 152 valence electrons. The topological polar surface area (TPSA) is 102 Å². The van der Waals surface area contributed by atoms with E-state index in [1.54, 1.807) is 30.3 Å². The molecule has 2 amide bonds. The van der Waals surface area contributed by atoms with Gasteiger partial charge in [0.2, 0.25) is 0 Å². The summed E-state index contributed by atoms with van der Waals surface area (Å²) >= 11 is 1.45. The molecule has 0 spiro atoms. The zero-order valence-electron chi connectivity index (χ0n) is 16.4. The van der Waals surface area contributed by atoms with E-state index in [1.165, 1.54) is 17.7 Å². The molecule has 0 saturated heterocycles. The number of aryl methyl sites for hydroxylation is 1. The van der Waals surface area contributed by atoms with Gasteiger partial charge in [0.05, 0.1) is 18.0 Å². The Morgan fingerprint density at radius 2 is 1.97 bits per heavy atom. The third-order valence-corrected chi connectivity index (χ3v) is 5.18. The van der Waals surface area contributed by atoms with Crippen LogP contribution in [0.2, 0.25) is 0 Å². The molecule has 2 N–H and O–H groups in total. The first-order chi connectivity index (χ1) is 13.9. The highest BCUT2D eigenvalue weighted by Gasteiger charge is 2.12. The van der Waals surface area contributed by atoms with Crippen LogP contribution in [0, 0.1) is 0 Å². The predicted molar refractivity (Wildman–Crippen MR) is 112 cm³/mol. The zero-order chi connectivity index (χ0) is 21.0. The molecule has 29 heavy (non-hydrogen) atoms. The largest absolute Gasteiger partial charge is 0.491 e. The number of nitrogens with zero attached hydrogens (tertiary/aromatic N) is 2. The number of ether oxygens (including phenoxy) is 1. The van der Waals surface area contributed by atoms with Crippen LogP contribution in [-0.4, -0.2) is 34.1 Å². The molecule has 0 radical (unpaired) electrons. The Morgan fingerprint density at radius 1 is 1.24 bits per heavy atom. The maximum atomic E-state index is 12.5. The van der Waals surface area contributed by atoms with Gasteiger partial charge in [-0.05, 0) is 50.6 Å². The van der Waals surface area contributed by atoms with E-state index in [9.17, 15) is 14.4 Å². The molecule has 2 aromatic heterocycles. The van der Waals surface area contributed by atoms with E-state index in [2.05, 4.69) is 15.7 Å². The molecule has 0 aliphatic heterocycles. The highest BCUT2D eigenvalue weighted by Crippen LogP contribution is 2.20. The van der Waals surface area contributed by atoms with E-state index >= 15 is 0 Å². The Bertz CT molecular complexity index is 1090. The van der Waals surface area contributed by atoms with E-state index in [0.29, 0.717) is 21.5 Å². The van der Waals surface area contributed by atoms with Crippen LogP contribution in [0.3, 0.4) is 0 Å². The average Bonchev–Trinajstić information content (AvgIpc) is 3.13. The van der Waals surface area contributed by atoms with Gasteiger partial charge in [-0.1, -0.05) is 6.92 Å². The second kappa shape index (κ2) is 8.87. The van der Waals surface area contributed by atoms with Gasteiger partial charge in [-0.2, -0.15) is 0 Å². The standard InChI is InChI=1S/C20H22N4O4S/c1-4-15-9-16-19(29-15)22-11-24(20(16)27)23-17(25)10-21-18(26)13-5-7-14(8-6-13)28-12(2)3/h5-9,11-12H,4,10H2,1-3H3,(H,21,26)(H,23,25). The summed E-state index contributed by atoms with van der Waals surface area (Å²) in [4.78, 5) is 42.7. The van der Waals surface area contributed by atoms with Gasteiger partial charge in [-0.15, -0.1) is 11.3 Å². The Labute approximate surface area is 171 Å². The van der Waals surface area contributed by atoms with Crippen LogP contribution in [-0.2, 0) is 11.2 Å². The lowest BCUT2D eigenvalue weighted by atomic mass is 10.2. The minimum atomic E-state index is -0.535. The number of thiophene rings is 1. The van der Waals surface area contributed by atoms with Gasteiger partial charge >= 0.3 is 0 Å². The van der Waals surface area contributed by atoms with Crippen molar-refractivity contribution in [3.05, 3.63) is 57.5 Å². The fraction of sp³-hybridized carbons (Fsp3) is 0.300. The molecule has 0 atom stereocenters. The molecule has 0 saturated carbocycles. The van der Waals surface area contributed by atoms with Crippen LogP contribution in [0.5, 0.6) is 5.75 Å². The van der Waals surface area contributed by atoms with E-state index in [-0.39, 0.29) is 18.2 Å². The normalized spacial score (nSPS) is 10.9. The minimum Gasteiger partial charge on any atom is -0.491 e. The molecule has 9 heteroatoms. The third-order valence-electron chi connectivity index (χ3n) is 3.99. The lowest BCUT2D eigenvalue weighted by Crippen LogP contribution is -2.39. The van der Waals surface area contributed by atoms with Gasteiger partial charge < -0.3 is 10.1 Å². The van der Waals surface area contributed by atoms with Crippen LogP contribution in [0.1, 0.15) is 36.0 Å². The Hall–Kier alpha value is -3.20. The minimum absolute atomic E-state index is 0.0399. The summed E-state index contributed by atoms with van der Waals surface area (Å²) in [5.41, 5.74) is 2.49. The van der Waals surface area contributed by atoms with Crippen LogP contribution in [0.25, 0.3) is 10.2 Å². The van der Waals surface area contributed by atoms with E-state index in [1.807, 2.05) is 20.8 Å². The van der Waals surface area contributed by atoms with Gasteiger partial charge in [0.15, 0.2) is 0 Å². The highest BCUT2D eigenvalue weighted by molar-refractivity contribution is 7.18. The number of hydrogen-bond acceptors (Lipinski definition) is 6. The van der Waals surface area contributed by atoms with Crippen LogP contribution in [0.4, 0.5) is 0 Å². The third kappa shape index (κ3) is 5.00. The number of aromatic nitrogens is 2. The molecule has 3 rings (SSSR count). The van der Waals surface area contributed by atoms with Crippen LogP contribution >= 0.6 is 11.3 Å². The first kappa shape index (κ1) is 20.5.